The number of ether oxygens (including phenoxy) is 2. The lowest BCUT2D eigenvalue weighted by Crippen LogP contribution is -2.56. The number of aliphatic hydroxyl groups is 3. The third-order valence-corrected chi connectivity index (χ3v) is 8.27. The van der Waals surface area contributed by atoms with Crippen LogP contribution in [0.4, 0.5) is 10.6 Å². The Bertz CT molecular complexity index is 1510. The predicted molar refractivity (Wildman–Crippen MR) is 185 cm³/mol. The first-order valence-corrected chi connectivity index (χ1v) is 17.0. The van der Waals surface area contributed by atoms with Crippen molar-refractivity contribution in [3.05, 3.63) is 58.6 Å². The normalized spacial score (nSPS) is 20.4. The molecular formula is C34H51N7O10. The van der Waals surface area contributed by atoms with E-state index in [0.29, 0.717) is 12.8 Å². The van der Waals surface area contributed by atoms with Gasteiger partial charge >= 0.3 is 11.8 Å². The number of nitrogens with two attached hydrogens (primary N) is 1. The summed E-state index contributed by atoms with van der Waals surface area (Å²) in [5.41, 5.74) is 5.92. The molecule has 17 heteroatoms. The minimum absolute atomic E-state index is 0.00291. The minimum atomic E-state index is -1.52. The molecular weight excluding hydrogens is 666 g/mol. The molecule has 4 amide bonds. The topological polar surface area (TPSA) is 256 Å². The zero-order valence-corrected chi connectivity index (χ0v) is 29.4. The lowest BCUT2D eigenvalue weighted by atomic mass is 10.00. The number of aromatic nitrogens is 2. The molecule has 7 atom stereocenters. The highest BCUT2D eigenvalue weighted by Crippen LogP contribution is 2.28. The standard InChI is InChI=1S/C34H51N7O10/c1-19(2)16-23(38-31(47)26(35)20(3)4)30(46)37-22(12-8-9-14-36-34(49)50-18-21-10-6-5-7-11-21)29(45)39-25-13-15-41(33(48)40-25)32-28(44)27(43)24(17-42)51-32/h5-7,10-11,13,15,19-20,22-24,26-28,32,42-44H,8-9,12,14,16-18,35H2,1-4H3,(H,36,49)(H,37,46)(H,38,47)(H,39,40,45,48)/t22-,23-,24+,26+,27+,28-,32+/m0/s1. The van der Waals surface area contributed by atoms with Crippen LogP contribution in [0.15, 0.2) is 47.4 Å². The lowest BCUT2D eigenvalue weighted by Gasteiger charge is -2.26. The first-order chi connectivity index (χ1) is 24.2. The van der Waals surface area contributed by atoms with Crippen LogP contribution in [0.5, 0.6) is 0 Å². The first-order valence-electron chi connectivity index (χ1n) is 17.0. The van der Waals surface area contributed by atoms with Gasteiger partial charge in [-0.2, -0.15) is 4.98 Å². The van der Waals surface area contributed by atoms with Crippen LogP contribution in [0, 0.1) is 11.8 Å². The van der Waals surface area contributed by atoms with Crippen molar-refractivity contribution in [1.29, 1.82) is 0 Å². The van der Waals surface area contributed by atoms with Gasteiger partial charge in [-0.05, 0) is 49.1 Å². The van der Waals surface area contributed by atoms with Gasteiger partial charge in [0.05, 0.1) is 12.6 Å². The third-order valence-electron chi connectivity index (χ3n) is 8.27. The highest BCUT2D eigenvalue weighted by atomic mass is 16.6. The summed E-state index contributed by atoms with van der Waals surface area (Å²) in [7, 11) is 0. The maximum Gasteiger partial charge on any atom is 0.407 e. The number of amides is 4. The summed E-state index contributed by atoms with van der Waals surface area (Å²) in [6.45, 7) is 7.08. The van der Waals surface area contributed by atoms with E-state index in [4.69, 9.17) is 15.2 Å². The number of carbonyl (C=O) groups is 4. The largest absolute Gasteiger partial charge is 0.445 e. The van der Waals surface area contributed by atoms with Crippen molar-refractivity contribution in [3.8, 4) is 0 Å². The Morgan fingerprint density at radius 2 is 1.65 bits per heavy atom. The van der Waals surface area contributed by atoms with Gasteiger partial charge in [0.15, 0.2) is 6.23 Å². The van der Waals surface area contributed by atoms with Gasteiger partial charge in [0.1, 0.15) is 42.8 Å². The van der Waals surface area contributed by atoms with Crippen LogP contribution >= 0.6 is 0 Å². The Morgan fingerprint density at radius 3 is 2.25 bits per heavy atom. The second-order valence-electron chi connectivity index (χ2n) is 13.2. The molecule has 2 aromatic rings. The second kappa shape index (κ2) is 19.8. The minimum Gasteiger partial charge on any atom is -0.445 e. The fraction of sp³-hybridized carbons (Fsp3) is 0.588. The number of benzene rings is 1. The zero-order valence-electron chi connectivity index (χ0n) is 29.4. The number of rotatable bonds is 18. The summed E-state index contributed by atoms with van der Waals surface area (Å²) in [6.07, 6.45) is -3.60. The number of aliphatic hydroxyl groups excluding tert-OH is 3. The summed E-state index contributed by atoms with van der Waals surface area (Å²) >= 11 is 0. The molecule has 0 spiro atoms. The lowest BCUT2D eigenvalue weighted by molar-refractivity contribution is -0.132. The van der Waals surface area contributed by atoms with E-state index < -0.39 is 78.8 Å². The van der Waals surface area contributed by atoms with Crippen molar-refractivity contribution >= 4 is 29.6 Å². The van der Waals surface area contributed by atoms with Gasteiger partial charge in [0.2, 0.25) is 17.7 Å². The molecule has 1 aromatic heterocycles. The average Bonchev–Trinajstić information content (AvgIpc) is 3.38. The monoisotopic (exact) mass is 717 g/mol. The molecule has 0 radical (unpaired) electrons. The Kier molecular flexibility index (Phi) is 15.9. The van der Waals surface area contributed by atoms with Crippen LogP contribution < -0.4 is 32.7 Å². The SMILES string of the molecule is CC(C)C[C@H](NC(=O)[C@H](N)C(C)C)C(=O)N[C@@H](CCCCNC(=O)OCc1ccccc1)C(=O)Nc1ccn([C@@H]2O[C@H](CO)[C@@H](O)[C@@H]2O)c(=O)n1. The van der Waals surface area contributed by atoms with Crippen molar-refractivity contribution in [2.45, 2.75) is 103 Å². The molecule has 282 valence electrons. The van der Waals surface area contributed by atoms with Gasteiger partial charge in [-0.25, -0.2) is 9.59 Å². The highest BCUT2D eigenvalue weighted by Gasteiger charge is 2.43. The van der Waals surface area contributed by atoms with E-state index in [1.54, 1.807) is 13.8 Å². The van der Waals surface area contributed by atoms with Crippen LogP contribution in [0.3, 0.4) is 0 Å². The number of anilines is 1. The Labute approximate surface area is 296 Å². The molecule has 1 fully saturated rings. The van der Waals surface area contributed by atoms with Crippen LogP contribution in [-0.2, 0) is 30.5 Å². The second-order valence-corrected chi connectivity index (χ2v) is 13.2. The Balaban J connectivity index is 1.69. The summed E-state index contributed by atoms with van der Waals surface area (Å²) in [6, 6.07) is 7.48. The molecule has 51 heavy (non-hydrogen) atoms. The summed E-state index contributed by atoms with van der Waals surface area (Å²) < 4.78 is 11.5. The van der Waals surface area contributed by atoms with Crippen LogP contribution in [-0.4, -0.2) is 98.3 Å². The Morgan fingerprint density at radius 1 is 0.961 bits per heavy atom. The fourth-order valence-corrected chi connectivity index (χ4v) is 5.25. The van der Waals surface area contributed by atoms with E-state index in [-0.39, 0.29) is 43.6 Å². The van der Waals surface area contributed by atoms with E-state index >= 15 is 0 Å². The van der Waals surface area contributed by atoms with Crippen molar-refractivity contribution in [2.24, 2.45) is 17.6 Å². The first kappa shape index (κ1) is 41.0. The molecule has 0 saturated carbocycles. The van der Waals surface area contributed by atoms with Gasteiger partial charge < -0.3 is 51.8 Å². The maximum absolute atomic E-state index is 13.5. The molecule has 1 aliphatic rings. The van der Waals surface area contributed by atoms with Gasteiger partial charge in [-0.15, -0.1) is 0 Å². The number of nitrogens with one attached hydrogen (secondary N) is 4. The fourth-order valence-electron chi connectivity index (χ4n) is 5.25. The van der Waals surface area contributed by atoms with Gasteiger partial charge in [0.25, 0.3) is 0 Å². The molecule has 0 aliphatic carbocycles. The maximum atomic E-state index is 13.5. The van der Waals surface area contributed by atoms with E-state index in [2.05, 4.69) is 26.3 Å². The van der Waals surface area contributed by atoms with Crippen molar-refractivity contribution < 1.29 is 44.0 Å². The smallest absolute Gasteiger partial charge is 0.407 e. The van der Waals surface area contributed by atoms with E-state index in [1.807, 2.05) is 44.2 Å². The summed E-state index contributed by atoms with van der Waals surface area (Å²) in [4.78, 5) is 68.6. The van der Waals surface area contributed by atoms with E-state index in [9.17, 15) is 39.3 Å². The highest BCUT2D eigenvalue weighted by molar-refractivity contribution is 5.98. The number of hydrogen-bond donors (Lipinski definition) is 8. The Hall–Kier alpha value is -4.42. The zero-order chi connectivity index (χ0) is 37.7. The van der Waals surface area contributed by atoms with Gasteiger partial charge in [-0.1, -0.05) is 58.0 Å². The number of nitrogens with zero attached hydrogens (tertiary/aromatic N) is 2. The van der Waals surface area contributed by atoms with E-state index in [0.717, 1.165) is 10.1 Å². The number of unbranched alkanes of at least 4 members (excludes halogenated alkanes) is 1. The molecule has 3 rings (SSSR count). The molecule has 2 heterocycles. The van der Waals surface area contributed by atoms with E-state index in [1.165, 1.54) is 12.3 Å². The van der Waals surface area contributed by atoms with Crippen LogP contribution in [0.25, 0.3) is 0 Å². The summed E-state index contributed by atoms with van der Waals surface area (Å²) in [5.74, 6) is -2.15. The number of carbonyl (C=O) groups excluding carboxylic acids is 4. The van der Waals surface area contributed by atoms with Crippen LogP contribution in [0.1, 0.15) is 65.2 Å². The van der Waals surface area contributed by atoms with Crippen molar-refractivity contribution in [3.63, 3.8) is 0 Å². The molecule has 1 aliphatic heterocycles. The molecule has 0 bridgehead atoms. The molecule has 9 N–H and O–H groups in total. The molecule has 0 unspecified atom stereocenters. The van der Waals surface area contributed by atoms with Crippen molar-refractivity contribution in [1.82, 2.24) is 25.5 Å². The average molecular weight is 718 g/mol. The molecule has 17 nitrogen and oxygen atoms in total. The number of hydrogen-bond acceptors (Lipinski definition) is 12. The number of alkyl carbamates (subject to hydrolysis) is 1. The predicted octanol–water partition coefficient (Wildman–Crippen LogP) is -0.111. The quantitative estimate of drug-likeness (QED) is 0.0940. The van der Waals surface area contributed by atoms with Gasteiger partial charge in [0, 0.05) is 12.7 Å². The molecule has 1 aromatic carbocycles. The summed E-state index contributed by atoms with van der Waals surface area (Å²) in [5, 5.41) is 40.3. The van der Waals surface area contributed by atoms with Crippen LogP contribution in [0.2, 0.25) is 0 Å². The molecule has 1 saturated heterocycles. The van der Waals surface area contributed by atoms with Gasteiger partial charge in [-0.3, -0.25) is 19.0 Å². The third kappa shape index (κ3) is 12.4. The van der Waals surface area contributed by atoms with Crippen molar-refractivity contribution in [2.75, 3.05) is 18.5 Å².